The number of aryl methyl sites for hydroxylation is 1. The van der Waals surface area contributed by atoms with Crippen LogP contribution in [0.3, 0.4) is 0 Å². The average Bonchev–Trinajstić information content (AvgIpc) is 2.54. The SMILES string of the molecule is COc1ccc(C)cc1S(=O)(=O)N1CCC[C@H](C(=O)NN)C1. The molecular formula is C14H21N3O4S. The third-order valence-electron chi connectivity index (χ3n) is 3.83. The van der Waals surface area contributed by atoms with Crippen LogP contribution in [0.4, 0.5) is 0 Å². The first-order valence-electron chi connectivity index (χ1n) is 7.05. The Balaban J connectivity index is 2.34. The van der Waals surface area contributed by atoms with Crippen molar-refractivity contribution in [2.45, 2.75) is 24.7 Å². The molecule has 1 atom stereocenters. The van der Waals surface area contributed by atoms with Gasteiger partial charge in [0.1, 0.15) is 10.6 Å². The fourth-order valence-corrected chi connectivity index (χ4v) is 4.38. The number of ether oxygens (including phenoxy) is 1. The summed E-state index contributed by atoms with van der Waals surface area (Å²) in [7, 11) is -2.28. The predicted octanol–water partition coefficient (Wildman–Crippen LogP) is 0.394. The van der Waals surface area contributed by atoms with E-state index in [1.807, 2.05) is 6.92 Å². The lowest BCUT2D eigenvalue weighted by Gasteiger charge is -2.31. The zero-order valence-corrected chi connectivity index (χ0v) is 13.5. The maximum absolute atomic E-state index is 12.9. The van der Waals surface area contributed by atoms with Crippen molar-refractivity contribution in [3.63, 3.8) is 0 Å². The van der Waals surface area contributed by atoms with Crippen LogP contribution in [-0.2, 0) is 14.8 Å². The fraction of sp³-hybridized carbons (Fsp3) is 0.500. The molecule has 1 heterocycles. The molecule has 3 N–H and O–H groups in total. The molecule has 7 nitrogen and oxygen atoms in total. The maximum atomic E-state index is 12.9. The molecule has 0 aliphatic carbocycles. The minimum atomic E-state index is -3.71. The molecule has 1 amide bonds. The van der Waals surface area contributed by atoms with E-state index in [0.717, 1.165) is 5.56 Å². The van der Waals surface area contributed by atoms with E-state index in [1.54, 1.807) is 18.2 Å². The number of carbonyl (C=O) groups excluding carboxylic acids is 1. The van der Waals surface area contributed by atoms with Gasteiger partial charge in [-0.1, -0.05) is 6.07 Å². The maximum Gasteiger partial charge on any atom is 0.246 e. The smallest absolute Gasteiger partial charge is 0.246 e. The van der Waals surface area contributed by atoms with Crippen molar-refractivity contribution in [1.82, 2.24) is 9.73 Å². The molecule has 0 spiro atoms. The number of piperidine rings is 1. The van der Waals surface area contributed by atoms with Crippen LogP contribution in [0.25, 0.3) is 0 Å². The van der Waals surface area contributed by atoms with Gasteiger partial charge in [-0.25, -0.2) is 14.3 Å². The highest BCUT2D eigenvalue weighted by molar-refractivity contribution is 7.89. The highest BCUT2D eigenvalue weighted by Gasteiger charge is 2.34. The topological polar surface area (TPSA) is 102 Å². The number of rotatable bonds is 4. The van der Waals surface area contributed by atoms with Crippen LogP contribution >= 0.6 is 0 Å². The largest absolute Gasteiger partial charge is 0.495 e. The van der Waals surface area contributed by atoms with Gasteiger partial charge < -0.3 is 4.74 Å². The van der Waals surface area contributed by atoms with Gasteiger partial charge in [0.2, 0.25) is 15.9 Å². The summed E-state index contributed by atoms with van der Waals surface area (Å²) in [5.74, 6) is 4.68. The number of benzene rings is 1. The number of hydrogen-bond acceptors (Lipinski definition) is 5. The molecule has 1 fully saturated rings. The molecule has 1 aliphatic heterocycles. The number of hydrazine groups is 1. The van der Waals surface area contributed by atoms with Crippen molar-refractivity contribution in [1.29, 1.82) is 0 Å². The molecule has 8 heteroatoms. The van der Waals surface area contributed by atoms with E-state index in [9.17, 15) is 13.2 Å². The summed E-state index contributed by atoms with van der Waals surface area (Å²) >= 11 is 0. The van der Waals surface area contributed by atoms with Gasteiger partial charge >= 0.3 is 0 Å². The quantitative estimate of drug-likeness (QED) is 0.473. The first kappa shape index (κ1) is 16.7. The number of nitrogens with zero attached hydrogens (tertiary/aromatic N) is 1. The first-order chi connectivity index (χ1) is 10.4. The van der Waals surface area contributed by atoms with E-state index in [1.165, 1.54) is 11.4 Å². The summed E-state index contributed by atoms with van der Waals surface area (Å²) in [6, 6.07) is 5.01. The van der Waals surface area contributed by atoms with Gasteiger partial charge in [0.15, 0.2) is 0 Å². The Kier molecular flexibility index (Phi) is 5.05. The lowest BCUT2D eigenvalue weighted by molar-refractivity contribution is -0.126. The molecule has 1 aliphatic rings. The number of hydrogen-bond donors (Lipinski definition) is 2. The third kappa shape index (κ3) is 3.23. The molecule has 2 rings (SSSR count). The van der Waals surface area contributed by atoms with Crippen molar-refractivity contribution in [3.8, 4) is 5.75 Å². The summed E-state index contributed by atoms with van der Waals surface area (Å²) in [5.41, 5.74) is 2.92. The van der Waals surface area contributed by atoms with Gasteiger partial charge in [0, 0.05) is 13.1 Å². The molecule has 0 saturated carbocycles. The molecule has 0 radical (unpaired) electrons. The molecule has 0 unspecified atom stereocenters. The second-order valence-corrected chi connectivity index (χ2v) is 7.27. The van der Waals surface area contributed by atoms with E-state index in [2.05, 4.69) is 5.43 Å². The normalized spacial score (nSPS) is 19.7. The number of sulfonamides is 1. The van der Waals surface area contributed by atoms with E-state index >= 15 is 0 Å². The van der Waals surface area contributed by atoms with Crippen LogP contribution in [-0.4, -0.2) is 38.8 Å². The fourth-order valence-electron chi connectivity index (χ4n) is 2.62. The van der Waals surface area contributed by atoms with Crippen LogP contribution in [0.15, 0.2) is 23.1 Å². The Bertz CT molecular complexity index is 660. The van der Waals surface area contributed by atoms with Gasteiger partial charge in [0.25, 0.3) is 0 Å². The summed E-state index contributed by atoms with van der Waals surface area (Å²) < 4.78 is 32.2. The summed E-state index contributed by atoms with van der Waals surface area (Å²) in [6.45, 7) is 2.33. The monoisotopic (exact) mass is 327 g/mol. The second kappa shape index (κ2) is 6.64. The Hall–Kier alpha value is -1.64. The molecule has 1 aromatic carbocycles. The zero-order chi connectivity index (χ0) is 16.3. The van der Waals surface area contributed by atoms with Gasteiger partial charge in [0.05, 0.1) is 13.0 Å². The molecule has 0 aromatic heterocycles. The third-order valence-corrected chi connectivity index (χ3v) is 5.72. The van der Waals surface area contributed by atoms with Crippen LogP contribution < -0.4 is 16.0 Å². The zero-order valence-electron chi connectivity index (χ0n) is 12.7. The minimum absolute atomic E-state index is 0.127. The predicted molar refractivity (Wildman–Crippen MR) is 81.5 cm³/mol. The lowest BCUT2D eigenvalue weighted by atomic mass is 9.99. The van der Waals surface area contributed by atoms with Crippen LogP contribution in [0, 0.1) is 12.8 Å². The molecule has 22 heavy (non-hydrogen) atoms. The number of carbonyl (C=O) groups is 1. The summed E-state index contributed by atoms with van der Waals surface area (Å²) in [4.78, 5) is 11.8. The van der Waals surface area contributed by atoms with Crippen molar-refractivity contribution in [3.05, 3.63) is 23.8 Å². The van der Waals surface area contributed by atoms with E-state index in [4.69, 9.17) is 10.6 Å². The summed E-state index contributed by atoms with van der Waals surface area (Å²) in [5, 5.41) is 0. The van der Waals surface area contributed by atoms with Gasteiger partial charge in [-0.2, -0.15) is 4.31 Å². The number of nitrogens with two attached hydrogens (primary N) is 1. The van der Waals surface area contributed by atoms with E-state index < -0.39 is 15.9 Å². The van der Waals surface area contributed by atoms with Crippen molar-refractivity contribution in [2.75, 3.05) is 20.2 Å². The lowest BCUT2D eigenvalue weighted by Crippen LogP contribution is -2.46. The van der Waals surface area contributed by atoms with Crippen LogP contribution in [0.2, 0.25) is 0 Å². The van der Waals surface area contributed by atoms with Gasteiger partial charge in [-0.3, -0.25) is 10.2 Å². The first-order valence-corrected chi connectivity index (χ1v) is 8.49. The summed E-state index contributed by atoms with van der Waals surface area (Å²) in [6.07, 6.45) is 1.24. The number of nitrogens with one attached hydrogen (secondary N) is 1. The molecular weight excluding hydrogens is 306 g/mol. The molecule has 122 valence electrons. The Morgan fingerprint density at radius 3 is 2.82 bits per heavy atom. The van der Waals surface area contributed by atoms with Crippen LogP contribution in [0.1, 0.15) is 18.4 Å². The van der Waals surface area contributed by atoms with Crippen molar-refractivity contribution in [2.24, 2.45) is 11.8 Å². The van der Waals surface area contributed by atoms with Gasteiger partial charge in [-0.05, 0) is 37.5 Å². The molecule has 1 saturated heterocycles. The highest BCUT2D eigenvalue weighted by Crippen LogP contribution is 2.30. The Labute approximate surface area is 130 Å². The minimum Gasteiger partial charge on any atom is -0.495 e. The molecule has 0 bridgehead atoms. The average molecular weight is 327 g/mol. The Morgan fingerprint density at radius 1 is 1.45 bits per heavy atom. The van der Waals surface area contributed by atoms with E-state index in [0.29, 0.717) is 25.1 Å². The second-order valence-electron chi connectivity index (χ2n) is 5.37. The Morgan fingerprint density at radius 2 is 2.18 bits per heavy atom. The number of methoxy groups -OCH3 is 1. The van der Waals surface area contributed by atoms with E-state index in [-0.39, 0.29) is 17.3 Å². The highest BCUT2D eigenvalue weighted by atomic mass is 32.2. The van der Waals surface area contributed by atoms with Crippen molar-refractivity contribution >= 4 is 15.9 Å². The van der Waals surface area contributed by atoms with Gasteiger partial charge in [-0.15, -0.1) is 0 Å². The van der Waals surface area contributed by atoms with Crippen LogP contribution in [0.5, 0.6) is 5.75 Å². The molecule has 1 aromatic rings. The number of amides is 1. The standard InChI is InChI=1S/C14H21N3O4S/c1-10-5-6-12(21-2)13(8-10)22(19,20)17-7-3-4-11(9-17)14(18)16-15/h5-6,8,11H,3-4,7,9,15H2,1-2H3,(H,16,18)/t11-/m0/s1. The van der Waals surface area contributed by atoms with Crippen molar-refractivity contribution < 1.29 is 17.9 Å².